The fraction of sp³-hybridized carbons (Fsp3) is 0.438. The molecule has 2 aromatic rings. The molecule has 0 bridgehead atoms. The third-order valence-electron chi connectivity index (χ3n) is 3.67. The van der Waals surface area contributed by atoms with Gasteiger partial charge in [0.1, 0.15) is 0 Å². The summed E-state index contributed by atoms with van der Waals surface area (Å²) in [5.41, 5.74) is 10.5. The van der Waals surface area contributed by atoms with E-state index in [4.69, 9.17) is 5.73 Å². The van der Waals surface area contributed by atoms with Gasteiger partial charge in [-0.15, -0.1) is 0 Å². The van der Waals surface area contributed by atoms with Crippen molar-refractivity contribution in [2.45, 2.75) is 33.4 Å². The second-order valence-electron chi connectivity index (χ2n) is 5.11. The Hall–Kier alpha value is -1.81. The van der Waals surface area contributed by atoms with Gasteiger partial charge < -0.3 is 5.73 Å². The van der Waals surface area contributed by atoms with Crippen LogP contribution in [0.2, 0.25) is 0 Å². The van der Waals surface area contributed by atoms with E-state index in [0.717, 1.165) is 37.4 Å². The van der Waals surface area contributed by atoms with Crippen LogP contribution in [0.1, 0.15) is 30.8 Å². The van der Waals surface area contributed by atoms with Gasteiger partial charge in [0.05, 0.1) is 11.4 Å². The van der Waals surface area contributed by atoms with Crippen molar-refractivity contribution in [2.24, 2.45) is 7.05 Å². The molecule has 0 spiro atoms. The Kier molecular flexibility index (Phi) is 4.79. The Labute approximate surface area is 121 Å². The molecule has 2 rings (SSSR count). The van der Waals surface area contributed by atoms with Crippen LogP contribution in [-0.2, 0) is 26.6 Å². The zero-order valence-electron chi connectivity index (χ0n) is 12.6. The smallest absolute Gasteiger partial charge is 0.0625 e. The van der Waals surface area contributed by atoms with Crippen molar-refractivity contribution < 1.29 is 0 Å². The predicted octanol–water partition coefficient (Wildman–Crippen LogP) is 2.59. The number of anilines is 1. The van der Waals surface area contributed by atoms with Crippen molar-refractivity contribution in [3.8, 4) is 0 Å². The molecule has 4 nitrogen and oxygen atoms in total. The molecule has 0 saturated carbocycles. The van der Waals surface area contributed by atoms with E-state index in [1.807, 2.05) is 29.9 Å². The average molecular weight is 272 g/mol. The summed E-state index contributed by atoms with van der Waals surface area (Å²) in [7, 11) is 2.01. The summed E-state index contributed by atoms with van der Waals surface area (Å²) in [5, 5.41) is 4.51. The minimum absolute atomic E-state index is 0.866. The Morgan fingerprint density at radius 1 is 1.20 bits per heavy atom. The minimum atomic E-state index is 0.866. The second-order valence-corrected chi connectivity index (χ2v) is 5.11. The van der Waals surface area contributed by atoms with E-state index >= 15 is 0 Å². The molecule has 1 aromatic heterocycles. The zero-order chi connectivity index (χ0) is 14.5. The van der Waals surface area contributed by atoms with Crippen LogP contribution in [0.5, 0.6) is 0 Å². The van der Waals surface area contributed by atoms with Gasteiger partial charge >= 0.3 is 0 Å². The van der Waals surface area contributed by atoms with Gasteiger partial charge in [-0.2, -0.15) is 5.10 Å². The lowest BCUT2D eigenvalue weighted by Gasteiger charge is -2.21. The normalized spacial score (nSPS) is 11.2. The molecule has 0 fully saturated rings. The van der Waals surface area contributed by atoms with E-state index < -0.39 is 0 Å². The summed E-state index contributed by atoms with van der Waals surface area (Å²) in [6.45, 7) is 7.07. The number of nitrogens with two attached hydrogens (primary N) is 1. The summed E-state index contributed by atoms with van der Waals surface area (Å²) in [4.78, 5) is 2.38. The average Bonchev–Trinajstić information content (AvgIpc) is 2.81. The van der Waals surface area contributed by atoms with Crippen LogP contribution in [0.4, 0.5) is 5.69 Å². The summed E-state index contributed by atoms with van der Waals surface area (Å²) in [5.74, 6) is 0. The summed E-state index contributed by atoms with van der Waals surface area (Å²) in [6.07, 6.45) is 0.978. The highest BCUT2D eigenvalue weighted by Crippen LogP contribution is 2.15. The molecular weight excluding hydrogens is 248 g/mol. The first-order valence-corrected chi connectivity index (χ1v) is 7.21. The largest absolute Gasteiger partial charge is 0.398 e. The molecule has 20 heavy (non-hydrogen) atoms. The molecule has 1 aromatic carbocycles. The molecule has 4 heteroatoms. The number of aromatic nitrogens is 2. The maximum atomic E-state index is 6.03. The van der Waals surface area contributed by atoms with Crippen molar-refractivity contribution in [3.63, 3.8) is 0 Å². The number of para-hydroxylation sites is 1. The number of hydrogen-bond donors (Lipinski definition) is 1. The van der Waals surface area contributed by atoms with Crippen molar-refractivity contribution in [1.29, 1.82) is 0 Å². The van der Waals surface area contributed by atoms with Crippen molar-refractivity contribution in [2.75, 3.05) is 12.3 Å². The van der Waals surface area contributed by atoms with Crippen LogP contribution >= 0.6 is 0 Å². The van der Waals surface area contributed by atoms with Gasteiger partial charge in [-0.3, -0.25) is 9.58 Å². The van der Waals surface area contributed by atoms with Crippen LogP contribution in [0.25, 0.3) is 0 Å². The van der Waals surface area contributed by atoms with Gasteiger partial charge in [0, 0.05) is 25.8 Å². The first-order valence-electron chi connectivity index (χ1n) is 7.21. The SMILES string of the molecule is CCc1cc(CN(CC)Cc2ccccc2N)n(C)n1. The molecular formula is C16H24N4. The van der Waals surface area contributed by atoms with Gasteiger partial charge in [-0.1, -0.05) is 32.0 Å². The maximum absolute atomic E-state index is 6.03. The summed E-state index contributed by atoms with van der Waals surface area (Å²) >= 11 is 0. The topological polar surface area (TPSA) is 47.1 Å². The van der Waals surface area contributed by atoms with Crippen LogP contribution in [0.15, 0.2) is 30.3 Å². The molecule has 0 aliphatic carbocycles. The van der Waals surface area contributed by atoms with Crippen LogP contribution in [0, 0.1) is 0 Å². The highest BCUT2D eigenvalue weighted by Gasteiger charge is 2.10. The fourth-order valence-electron chi connectivity index (χ4n) is 2.32. The summed E-state index contributed by atoms with van der Waals surface area (Å²) in [6, 6.07) is 10.3. The Balaban J connectivity index is 2.09. The van der Waals surface area contributed by atoms with E-state index in [2.05, 4.69) is 36.0 Å². The lowest BCUT2D eigenvalue weighted by molar-refractivity contribution is 0.264. The van der Waals surface area contributed by atoms with Crippen molar-refractivity contribution in [3.05, 3.63) is 47.3 Å². The highest BCUT2D eigenvalue weighted by atomic mass is 15.3. The second kappa shape index (κ2) is 6.57. The van der Waals surface area contributed by atoms with Gasteiger partial charge in [0.2, 0.25) is 0 Å². The molecule has 0 radical (unpaired) electrons. The van der Waals surface area contributed by atoms with Gasteiger partial charge in [0.25, 0.3) is 0 Å². The minimum Gasteiger partial charge on any atom is -0.398 e. The van der Waals surface area contributed by atoms with Crippen LogP contribution in [-0.4, -0.2) is 21.2 Å². The Bertz CT molecular complexity index is 559. The zero-order valence-corrected chi connectivity index (χ0v) is 12.6. The monoisotopic (exact) mass is 272 g/mol. The van der Waals surface area contributed by atoms with Gasteiger partial charge in [-0.05, 0) is 30.7 Å². The Morgan fingerprint density at radius 2 is 1.95 bits per heavy atom. The lowest BCUT2D eigenvalue weighted by Crippen LogP contribution is -2.24. The van der Waals surface area contributed by atoms with E-state index in [0.29, 0.717) is 0 Å². The fourth-order valence-corrected chi connectivity index (χ4v) is 2.32. The van der Waals surface area contributed by atoms with E-state index in [1.54, 1.807) is 0 Å². The molecule has 2 N–H and O–H groups in total. The first kappa shape index (κ1) is 14.6. The number of rotatable bonds is 6. The first-order chi connectivity index (χ1) is 9.63. The molecule has 0 atom stereocenters. The van der Waals surface area contributed by atoms with Gasteiger partial charge in [-0.25, -0.2) is 0 Å². The van der Waals surface area contributed by atoms with E-state index in [-0.39, 0.29) is 0 Å². The highest BCUT2D eigenvalue weighted by molar-refractivity contribution is 5.46. The van der Waals surface area contributed by atoms with Crippen LogP contribution < -0.4 is 5.73 Å². The van der Waals surface area contributed by atoms with E-state index in [1.165, 1.54) is 11.3 Å². The molecule has 0 unspecified atom stereocenters. The molecule has 1 heterocycles. The van der Waals surface area contributed by atoms with Crippen LogP contribution in [0.3, 0.4) is 0 Å². The molecule has 0 saturated heterocycles. The number of nitrogen functional groups attached to an aromatic ring is 1. The van der Waals surface area contributed by atoms with E-state index in [9.17, 15) is 0 Å². The molecule has 0 aliphatic rings. The third-order valence-corrected chi connectivity index (χ3v) is 3.67. The van der Waals surface area contributed by atoms with Gasteiger partial charge in [0.15, 0.2) is 0 Å². The predicted molar refractivity (Wildman–Crippen MR) is 83.2 cm³/mol. The molecule has 0 amide bonds. The molecule has 108 valence electrons. The van der Waals surface area contributed by atoms with Crippen molar-refractivity contribution >= 4 is 5.69 Å². The quantitative estimate of drug-likeness (QED) is 0.822. The third kappa shape index (κ3) is 3.39. The number of hydrogen-bond acceptors (Lipinski definition) is 3. The number of aryl methyl sites for hydroxylation is 2. The van der Waals surface area contributed by atoms with Crippen molar-refractivity contribution in [1.82, 2.24) is 14.7 Å². The lowest BCUT2D eigenvalue weighted by atomic mass is 10.1. The summed E-state index contributed by atoms with van der Waals surface area (Å²) < 4.78 is 1.98. The standard InChI is InChI=1S/C16H24N4/c1-4-14-10-15(19(3)18-14)12-20(5-2)11-13-8-6-7-9-16(13)17/h6-10H,4-5,11-12,17H2,1-3H3. The number of nitrogens with zero attached hydrogens (tertiary/aromatic N) is 3. The number of benzene rings is 1. The Morgan fingerprint density at radius 3 is 2.55 bits per heavy atom. The molecule has 0 aliphatic heterocycles. The maximum Gasteiger partial charge on any atom is 0.0625 e.